The Hall–Kier alpha value is -2.57. The molecule has 6 nitrogen and oxygen atoms in total. The number of benzene rings is 2. The van der Waals surface area contributed by atoms with Gasteiger partial charge in [-0.05, 0) is 25.1 Å². The molecule has 3 amide bonds. The van der Waals surface area contributed by atoms with Crippen molar-refractivity contribution in [1.82, 2.24) is 10.6 Å². The third-order valence-electron chi connectivity index (χ3n) is 4.96. The fraction of sp³-hybridized carbons (Fsp3) is 0.333. The van der Waals surface area contributed by atoms with Gasteiger partial charge in [0, 0.05) is 22.8 Å². The zero-order chi connectivity index (χ0) is 19.9. The molecule has 0 saturated carbocycles. The average molecular weight is 402 g/mol. The molecule has 0 spiro atoms. The van der Waals surface area contributed by atoms with Crippen molar-refractivity contribution in [2.24, 2.45) is 0 Å². The van der Waals surface area contributed by atoms with Gasteiger partial charge in [-0.1, -0.05) is 48.0 Å². The normalized spacial score (nSPS) is 15.7. The summed E-state index contributed by atoms with van der Waals surface area (Å²) in [7, 11) is 0. The summed E-state index contributed by atoms with van der Waals surface area (Å²) in [6, 6.07) is 16.6. The van der Waals surface area contributed by atoms with E-state index in [4.69, 9.17) is 11.6 Å². The van der Waals surface area contributed by atoms with Crippen LogP contribution in [0.2, 0.25) is 5.02 Å². The highest BCUT2D eigenvalue weighted by molar-refractivity contribution is 6.30. The molecular weight excluding hydrogens is 376 g/mol. The molecule has 3 N–H and O–H groups in total. The van der Waals surface area contributed by atoms with Crippen molar-refractivity contribution in [3.8, 4) is 0 Å². The number of hydrogen-bond acceptors (Lipinski definition) is 3. The minimum atomic E-state index is -0.453. The van der Waals surface area contributed by atoms with E-state index in [1.54, 1.807) is 0 Å². The highest BCUT2D eigenvalue weighted by Crippen LogP contribution is 2.19. The minimum absolute atomic E-state index is 0.275. The van der Waals surface area contributed by atoms with E-state index < -0.39 is 12.1 Å². The maximum absolute atomic E-state index is 12.9. The summed E-state index contributed by atoms with van der Waals surface area (Å²) in [5.41, 5.74) is 2.00. The molecule has 0 radical (unpaired) electrons. The first-order valence-electron chi connectivity index (χ1n) is 9.57. The summed E-state index contributed by atoms with van der Waals surface area (Å²) in [5.74, 6) is -0.275. The molecule has 0 bridgehead atoms. The predicted octanol–water partition coefficient (Wildman–Crippen LogP) is 1.63. The van der Waals surface area contributed by atoms with Crippen LogP contribution in [0.1, 0.15) is 18.5 Å². The lowest BCUT2D eigenvalue weighted by Gasteiger charge is -2.37. The fourth-order valence-electron chi connectivity index (χ4n) is 3.62. The smallest absolute Gasteiger partial charge is 0.321 e. The molecule has 1 fully saturated rings. The van der Waals surface area contributed by atoms with E-state index in [0.717, 1.165) is 47.4 Å². The van der Waals surface area contributed by atoms with Crippen LogP contribution in [0, 0.1) is 0 Å². The summed E-state index contributed by atoms with van der Waals surface area (Å²) in [6.07, 6.45) is 0. The van der Waals surface area contributed by atoms with Crippen molar-refractivity contribution in [3.63, 3.8) is 0 Å². The lowest BCUT2D eigenvalue weighted by Crippen LogP contribution is -3.16. The molecule has 1 atom stereocenters. The standard InChI is InChI=1S/C21H25ClN4O2/c1-2-23-21(28)24-20(27)19(16-7-4-3-5-8-16)26-13-11-25(12-14-26)18-10-6-9-17(22)15-18/h3-10,15,19H,2,11-14H2,1H3,(H2,23,24,27,28)/p+1/t19-/m0/s1. The topological polar surface area (TPSA) is 65.9 Å². The van der Waals surface area contributed by atoms with Crippen LogP contribution in [-0.2, 0) is 4.79 Å². The Morgan fingerprint density at radius 1 is 1.11 bits per heavy atom. The Labute approximate surface area is 170 Å². The van der Waals surface area contributed by atoms with Gasteiger partial charge >= 0.3 is 6.03 Å². The van der Waals surface area contributed by atoms with Gasteiger partial charge in [0.1, 0.15) is 0 Å². The number of halogens is 1. The molecule has 148 valence electrons. The van der Waals surface area contributed by atoms with Crippen LogP contribution in [0.3, 0.4) is 0 Å². The molecule has 3 rings (SSSR count). The van der Waals surface area contributed by atoms with Crippen LogP contribution in [-0.4, -0.2) is 44.7 Å². The Balaban J connectivity index is 1.73. The third-order valence-corrected chi connectivity index (χ3v) is 5.19. The number of carbonyl (C=O) groups excluding carboxylic acids is 2. The summed E-state index contributed by atoms with van der Waals surface area (Å²) >= 11 is 6.12. The van der Waals surface area contributed by atoms with Crippen LogP contribution in [0.25, 0.3) is 0 Å². The first kappa shape index (κ1) is 20.2. The highest BCUT2D eigenvalue weighted by Gasteiger charge is 2.35. The van der Waals surface area contributed by atoms with E-state index in [1.807, 2.05) is 61.5 Å². The van der Waals surface area contributed by atoms with Gasteiger partial charge < -0.3 is 15.1 Å². The van der Waals surface area contributed by atoms with Gasteiger partial charge in [-0.15, -0.1) is 0 Å². The van der Waals surface area contributed by atoms with E-state index in [0.29, 0.717) is 6.54 Å². The summed E-state index contributed by atoms with van der Waals surface area (Å²) in [6.45, 7) is 5.49. The maximum Gasteiger partial charge on any atom is 0.321 e. The van der Waals surface area contributed by atoms with E-state index >= 15 is 0 Å². The number of rotatable bonds is 5. The van der Waals surface area contributed by atoms with Crippen LogP contribution >= 0.6 is 11.6 Å². The Morgan fingerprint density at radius 3 is 2.46 bits per heavy atom. The zero-order valence-corrected chi connectivity index (χ0v) is 16.7. The first-order chi connectivity index (χ1) is 13.6. The zero-order valence-electron chi connectivity index (χ0n) is 16.0. The molecule has 2 aromatic rings. The molecule has 1 heterocycles. The van der Waals surface area contributed by atoms with Crippen molar-refractivity contribution < 1.29 is 14.5 Å². The number of nitrogens with one attached hydrogen (secondary N) is 3. The molecule has 2 aromatic carbocycles. The lowest BCUT2D eigenvalue weighted by molar-refractivity contribution is -0.922. The maximum atomic E-state index is 12.9. The molecule has 7 heteroatoms. The fourth-order valence-corrected chi connectivity index (χ4v) is 3.80. The van der Waals surface area contributed by atoms with E-state index in [-0.39, 0.29) is 5.91 Å². The summed E-state index contributed by atoms with van der Waals surface area (Å²) in [5, 5.41) is 5.82. The summed E-state index contributed by atoms with van der Waals surface area (Å²) < 4.78 is 0. The number of imide groups is 1. The largest absolute Gasteiger partial charge is 0.360 e. The number of amides is 3. The molecule has 0 unspecified atom stereocenters. The van der Waals surface area contributed by atoms with Crippen LogP contribution in [0.4, 0.5) is 10.5 Å². The molecule has 0 aliphatic carbocycles. The predicted molar refractivity (Wildman–Crippen MR) is 111 cm³/mol. The van der Waals surface area contributed by atoms with Crippen molar-refractivity contribution in [2.75, 3.05) is 37.6 Å². The van der Waals surface area contributed by atoms with Crippen LogP contribution in [0.15, 0.2) is 54.6 Å². The molecule has 1 aliphatic rings. The van der Waals surface area contributed by atoms with Gasteiger partial charge in [0.15, 0.2) is 6.04 Å². The molecule has 28 heavy (non-hydrogen) atoms. The minimum Gasteiger partial charge on any atom is -0.360 e. The molecule has 1 saturated heterocycles. The average Bonchev–Trinajstić information content (AvgIpc) is 2.70. The van der Waals surface area contributed by atoms with Crippen molar-refractivity contribution in [2.45, 2.75) is 13.0 Å². The number of carbonyl (C=O) groups is 2. The van der Waals surface area contributed by atoms with Gasteiger partial charge in [0.2, 0.25) is 0 Å². The first-order valence-corrected chi connectivity index (χ1v) is 9.95. The lowest BCUT2D eigenvalue weighted by atomic mass is 10.0. The van der Waals surface area contributed by atoms with Crippen LogP contribution < -0.4 is 20.4 Å². The Kier molecular flexibility index (Phi) is 6.90. The number of hydrogen-bond donors (Lipinski definition) is 3. The molecule has 1 aliphatic heterocycles. The van der Waals surface area contributed by atoms with E-state index in [9.17, 15) is 9.59 Å². The monoisotopic (exact) mass is 401 g/mol. The second-order valence-electron chi connectivity index (χ2n) is 6.82. The van der Waals surface area contributed by atoms with E-state index in [1.165, 1.54) is 0 Å². The molecule has 0 aromatic heterocycles. The number of piperazine rings is 1. The van der Waals surface area contributed by atoms with Gasteiger partial charge in [0.25, 0.3) is 5.91 Å². The second kappa shape index (κ2) is 9.57. The Bertz CT molecular complexity index is 807. The number of nitrogens with zero attached hydrogens (tertiary/aromatic N) is 1. The third kappa shape index (κ3) is 5.03. The highest BCUT2D eigenvalue weighted by atomic mass is 35.5. The Morgan fingerprint density at radius 2 is 1.82 bits per heavy atom. The van der Waals surface area contributed by atoms with Gasteiger partial charge in [-0.2, -0.15) is 0 Å². The van der Waals surface area contributed by atoms with E-state index in [2.05, 4.69) is 15.5 Å². The van der Waals surface area contributed by atoms with Gasteiger partial charge in [-0.3, -0.25) is 10.1 Å². The quantitative estimate of drug-likeness (QED) is 0.713. The van der Waals surface area contributed by atoms with Crippen molar-refractivity contribution >= 4 is 29.2 Å². The number of quaternary nitrogens is 1. The number of anilines is 1. The second-order valence-corrected chi connectivity index (χ2v) is 7.25. The van der Waals surface area contributed by atoms with Crippen LogP contribution in [0.5, 0.6) is 0 Å². The molecular formula is C21H26ClN4O2+. The summed E-state index contributed by atoms with van der Waals surface area (Å²) in [4.78, 5) is 28.2. The van der Waals surface area contributed by atoms with Gasteiger partial charge in [-0.25, -0.2) is 4.79 Å². The SMILES string of the molecule is CCNC(=O)NC(=O)[C@H](c1ccccc1)[NH+]1CCN(c2cccc(Cl)c2)CC1. The number of urea groups is 1. The van der Waals surface area contributed by atoms with Gasteiger partial charge in [0.05, 0.1) is 26.2 Å². The van der Waals surface area contributed by atoms with Crippen molar-refractivity contribution in [1.29, 1.82) is 0 Å². The van der Waals surface area contributed by atoms with Crippen molar-refractivity contribution in [3.05, 3.63) is 65.2 Å².